The number of carbonyl (C=O) groups excluding carboxylic acids is 3. The van der Waals surface area contributed by atoms with Gasteiger partial charge in [0, 0.05) is 35.6 Å². The molecule has 4 rings (SSSR count). The topological polar surface area (TPSA) is 122 Å². The molecule has 33 heavy (non-hydrogen) atoms. The molecule has 1 fully saturated rings. The van der Waals surface area contributed by atoms with Crippen molar-refractivity contribution in [3.63, 3.8) is 0 Å². The lowest BCUT2D eigenvalue weighted by atomic mass is 10.1. The lowest BCUT2D eigenvalue weighted by Crippen LogP contribution is -2.47. The Morgan fingerprint density at radius 1 is 1.09 bits per heavy atom. The molecular weight excluding hydrogens is 428 g/mol. The number of anilines is 1. The van der Waals surface area contributed by atoms with Gasteiger partial charge in [0.15, 0.2) is 0 Å². The Hall–Kier alpha value is -3.92. The van der Waals surface area contributed by atoms with Crippen LogP contribution in [0.2, 0.25) is 0 Å². The predicted molar refractivity (Wildman–Crippen MR) is 122 cm³/mol. The molecule has 3 amide bonds. The maximum absolute atomic E-state index is 12.5. The molecule has 0 spiro atoms. The number of furan rings is 1. The molecule has 2 N–H and O–H groups in total. The number of hydrogen-bond donors (Lipinski definition) is 2. The minimum absolute atomic E-state index is 0.0899. The summed E-state index contributed by atoms with van der Waals surface area (Å²) in [6.45, 7) is 3.08. The molecule has 0 bridgehead atoms. The highest BCUT2D eigenvalue weighted by Gasteiger charge is 2.23. The first-order chi connectivity index (χ1) is 16.0. The average Bonchev–Trinajstić information content (AvgIpc) is 3.19. The van der Waals surface area contributed by atoms with Gasteiger partial charge in [-0.1, -0.05) is 18.2 Å². The third-order valence-corrected chi connectivity index (χ3v) is 5.23. The highest BCUT2D eigenvalue weighted by molar-refractivity contribution is 6.35. The number of fused-ring (bicyclic) bond motifs is 3. The number of ether oxygens (including phenoxy) is 2. The van der Waals surface area contributed by atoms with E-state index in [0.717, 1.165) is 16.4 Å². The lowest BCUT2D eigenvalue weighted by molar-refractivity contribution is -0.148. The summed E-state index contributed by atoms with van der Waals surface area (Å²) < 4.78 is 16.5. The summed E-state index contributed by atoms with van der Waals surface area (Å²) in [6.07, 6.45) is -0.0899. The van der Waals surface area contributed by atoms with Crippen molar-refractivity contribution in [2.45, 2.75) is 13.3 Å². The van der Waals surface area contributed by atoms with E-state index >= 15 is 0 Å². The van der Waals surface area contributed by atoms with Gasteiger partial charge in [-0.25, -0.2) is 5.43 Å². The molecule has 0 aliphatic carbocycles. The van der Waals surface area contributed by atoms with E-state index in [-0.39, 0.29) is 12.3 Å². The van der Waals surface area contributed by atoms with Crippen molar-refractivity contribution in [1.29, 1.82) is 0 Å². The minimum Gasteiger partial charge on any atom is -0.495 e. The largest absolute Gasteiger partial charge is 0.495 e. The van der Waals surface area contributed by atoms with Gasteiger partial charge in [-0.15, -0.1) is 0 Å². The van der Waals surface area contributed by atoms with Crippen molar-refractivity contribution in [2.75, 3.05) is 38.7 Å². The van der Waals surface area contributed by atoms with Gasteiger partial charge in [0.1, 0.15) is 16.9 Å². The molecule has 10 nitrogen and oxygen atoms in total. The van der Waals surface area contributed by atoms with Crippen molar-refractivity contribution in [1.82, 2.24) is 10.3 Å². The Morgan fingerprint density at radius 2 is 1.85 bits per heavy atom. The van der Waals surface area contributed by atoms with E-state index < -0.39 is 11.8 Å². The van der Waals surface area contributed by atoms with Gasteiger partial charge in [0.25, 0.3) is 0 Å². The van der Waals surface area contributed by atoms with E-state index in [2.05, 4.69) is 15.8 Å². The molecule has 1 aromatic heterocycles. The Bertz CT molecular complexity index is 1240. The van der Waals surface area contributed by atoms with Gasteiger partial charge in [-0.3, -0.25) is 14.4 Å². The monoisotopic (exact) mass is 452 g/mol. The molecule has 0 saturated carbocycles. The zero-order valence-corrected chi connectivity index (χ0v) is 18.3. The number of rotatable bonds is 5. The molecule has 1 aliphatic rings. The van der Waals surface area contributed by atoms with Gasteiger partial charge in [-0.05, 0) is 19.1 Å². The number of para-hydroxylation sites is 1. The summed E-state index contributed by atoms with van der Waals surface area (Å²) in [6, 6.07) is 11.2. The molecule has 2 heterocycles. The standard InChI is InChI=1S/C23H24N4O6/c1-14(25-26-22(29)23(30)27-7-9-32-10-8-27)11-21(28)24-17-13-19-16(12-20(17)31-2)15-5-3-4-6-18(15)33-19/h3-6,12-13H,7-11H2,1-2H3,(H,24,28)(H,26,29)/b25-14-. The van der Waals surface area contributed by atoms with E-state index in [1.165, 1.54) is 12.0 Å². The predicted octanol–water partition coefficient (Wildman–Crippen LogP) is 2.27. The molecule has 0 unspecified atom stereocenters. The van der Waals surface area contributed by atoms with Crippen molar-refractivity contribution >= 4 is 51.1 Å². The number of amides is 3. The normalized spacial score (nSPS) is 14.4. The van der Waals surface area contributed by atoms with Crippen LogP contribution in [0.1, 0.15) is 13.3 Å². The summed E-state index contributed by atoms with van der Waals surface area (Å²) in [5.41, 5.74) is 4.35. The molecule has 1 saturated heterocycles. The average molecular weight is 452 g/mol. The van der Waals surface area contributed by atoms with Gasteiger partial charge >= 0.3 is 11.8 Å². The molecule has 10 heteroatoms. The van der Waals surface area contributed by atoms with E-state index in [4.69, 9.17) is 13.9 Å². The van der Waals surface area contributed by atoms with E-state index in [1.54, 1.807) is 13.0 Å². The number of benzene rings is 2. The Morgan fingerprint density at radius 3 is 2.61 bits per heavy atom. The second kappa shape index (κ2) is 9.70. The maximum atomic E-state index is 12.5. The zero-order chi connectivity index (χ0) is 23.4. The van der Waals surface area contributed by atoms with Gasteiger partial charge in [0.05, 0.1) is 32.4 Å². The molecule has 2 aromatic carbocycles. The number of hydrazone groups is 1. The fraction of sp³-hybridized carbons (Fsp3) is 0.304. The molecule has 3 aromatic rings. The fourth-order valence-corrected chi connectivity index (χ4v) is 3.59. The van der Waals surface area contributed by atoms with Crippen LogP contribution in [0.4, 0.5) is 5.69 Å². The van der Waals surface area contributed by atoms with E-state index in [0.29, 0.717) is 49.0 Å². The maximum Gasteiger partial charge on any atom is 0.329 e. The number of nitrogens with one attached hydrogen (secondary N) is 2. The Kier molecular flexibility index (Phi) is 6.55. The van der Waals surface area contributed by atoms with Crippen LogP contribution in [0.25, 0.3) is 21.9 Å². The number of hydrogen-bond acceptors (Lipinski definition) is 7. The number of morpholine rings is 1. The van der Waals surface area contributed by atoms with Crippen LogP contribution in [0.3, 0.4) is 0 Å². The van der Waals surface area contributed by atoms with Crippen LogP contribution in [0, 0.1) is 0 Å². The summed E-state index contributed by atoms with van der Waals surface area (Å²) in [5, 5.41) is 8.49. The fourth-order valence-electron chi connectivity index (χ4n) is 3.59. The van der Waals surface area contributed by atoms with Crippen molar-refractivity contribution in [3.8, 4) is 5.75 Å². The number of nitrogens with zero attached hydrogens (tertiary/aromatic N) is 2. The van der Waals surface area contributed by atoms with Gasteiger partial charge in [0.2, 0.25) is 5.91 Å². The first-order valence-electron chi connectivity index (χ1n) is 10.5. The second-order valence-electron chi connectivity index (χ2n) is 7.56. The summed E-state index contributed by atoms with van der Waals surface area (Å²) in [7, 11) is 1.52. The molecule has 0 radical (unpaired) electrons. The van der Waals surface area contributed by atoms with Crippen LogP contribution in [0.5, 0.6) is 5.75 Å². The van der Waals surface area contributed by atoms with Crippen molar-refractivity contribution in [2.24, 2.45) is 5.10 Å². The Balaban J connectivity index is 1.40. The summed E-state index contributed by atoms with van der Waals surface area (Å²) in [5.74, 6) is -1.41. The highest BCUT2D eigenvalue weighted by atomic mass is 16.5. The van der Waals surface area contributed by atoms with E-state index in [9.17, 15) is 14.4 Å². The van der Waals surface area contributed by atoms with Gasteiger partial charge in [-0.2, -0.15) is 5.10 Å². The highest BCUT2D eigenvalue weighted by Crippen LogP contribution is 2.36. The van der Waals surface area contributed by atoms with Crippen LogP contribution in [-0.4, -0.2) is 61.7 Å². The summed E-state index contributed by atoms with van der Waals surface area (Å²) >= 11 is 0. The minimum atomic E-state index is -0.853. The van der Waals surface area contributed by atoms with Crippen molar-refractivity contribution < 1.29 is 28.3 Å². The third kappa shape index (κ3) is 4.96. The third-order valence-electron chi connectivity index (χ3n) is 5.23. The molecule has 1 aliphatic heterocycles. The SMILES string of the molecule is COc1cc2c(cc1NC(=O)C/C(C)=N\NC(=O)C(=O)N1CCOCC1)oc1ccccc12. The van der Waals surface area contributed by atoms with Crippen LogP contribution < -0.4 is 15.5 Å². The quantitative estimate of drug-likeness (QED) is 0.348. The van der Waals surface area contributed by atoms with E-state index in [1.807, 2.05) is 30.3 Å². The second-order valence-corrected chi connectivity index (χ2v) is 7.56. The smallest absolute Gasteiger partial charge is 0.329 e. The lowest BCUT2D eigenvalue weighted by Gasteiger charge is -2.25. The number of methoxy groups -OCH3 is 1. The first kappa shape index (κ1) is 22.3. The van der Waals surface area contributed by atoms with Gasteiger partial charge < -0.3 is 24.1 Å². The number of carbonyl (C=O) groups is 3. The van der Waals surface area contributed by atoms with Crippen molar-refractivity contribution in [3.05, 3.63) is 36.4 Å². The Labute approximate surface area is 189 Å². The molecular formula is C23H24N4O6. The van der Waals surface area contributed by atoms with Crippen LogP contribution in [-0.2, 0) is 19.1 Å². The molecule has 0 atom stereocenters. The zero-order valence-electron chi connectivity index (χ0n) is 18.3. The van der Waals surface area contributed by atoms with Crippen LogP contribution in [0.15, 0.2) is 45.9 Å². The molecule has 172 valence electrons. The first-order valence-corrected chi connectivity index (χ1v) is 10.5. The van der Waals surface area contributed by atoms with Crippen LogP contribution >= 0.6 is 0 Å². The summed E-state index contributed by atoms with van der Waals surface area (Å²) in [4.78, 5) is 38.1.